The number of aldehydes is 1. The zero-order valence-corrected chi connectivity index (χ0v) is 17.9. The van der Waals surface area contributed by atoms with E-state index >= 15 is 0 Å². The maximum Gasteiger partial charge on any atom is 0.223 e. The molecular weight excluding hydrogens is 413 g/mol. The molecule has 0 unspecified atom stereocenters. The second-order valence-corrected chi connectivity index (χ2v) is 9.19. The Morgan fingerprint density at radius 2 is 1.87 bits per heavy atom. The second kappa shape index (κ2) is 8.80. The third-order valence-corrected chi connectivity index (χ3v) is 7.07. The fourth-order valence-corrected chi connectivity index (χ4v) is 5.15. The van der Waals surface area contributed by atoms with E-state index in [1.807, 2.05) is 6.07 Å². The largest absolute Gasteiger partial charge is 0.351 e. The molecule has 0 radical (unpaired) electrons. The number of anilines is 1. The van der Waals surface area contributed by atoms with Crippen LogP contribution in [-0.4, -0.2) is 51.8 Å². The number of nitrogens with zero attached hydrogens (tertiary/aromatic N) is 4. The van der Waals surface area contributed by atoms with E-state index in [2.05, 4.69) is 15.2 Å². The highest BCUT2D eigenvalue weighted by molar-refractivity contribution is 7.15. The number of benzene rings is 1. The van der Waals surface area contributed by atoms with Gasteiger partial charge in [-0.3, -0.25) is 4.90 Å². The van der Waals surface area contributed by atoms with Gasteiger partial charge in [-0.2, -0.15) is 0 Å². The highest BCUT2D eigenvalue weighted by Gasteiger charge is 2.26. The van der Waals surface area contributed by atoms with E-state index in [4.69, 9.17) is 9.97 Å². The number of likely N-dealkylation sites (tertiary alicyclic amines) is 1. The summed E-state index contributed by atoms with van der Waals surface area (Å²) < 4.78 is 13.5. The van der Waals surface area contributed by atoms with Crippen LogP contribution >= 0.6 is 11.3 Å². The SMILES string of the molecule is O=CCN1CCC(c2nc(-c3ccc(F)cc3)c(-c3ccnc(NC4CC4)n3)s2)CC1. The first-order valence-corrected chi connectivity index (χ1v) is 11.5. The number of nitrogens with one attached hydrogen (secondary N) is 1. The summed E-state index contributed by atoms with van der Waals surface area (Å²) in [6.45, 7) is 2.29. The molecule has 6 nitrogen and oxygen atoms in total. The lowest BCUT2D eigenvalue weighted by atomic mass is 9.97. The number of aromatic nitrogens is 3. The number of rotatable bonds is 7. The minimum atomic E-state index is -0.263. The Kier molecular flexibility index (Phi) is 5.74. The first kappa shape index (κ1) is 20.2. The first-order valence-electron chi connectivity index (χ1n) is 10.7. The van der Waals surface area contributed by atoms with Crippen LogP contribution in [0.1, 0.15) is 36.6 Å². The minimum Gasteiger partial charge on any atom is -0.351 e. The first-order chi connectivity index (χ1) is 15.2. The van der Waals surface area contributed by atoms with Gasteiger partial charge >= 0.3 is 0 Å². The van der Waals surface area contributed by atoms with E-state index < -0.39 is 0 Å². The third-order valence-electron chi connectivity index (χ3n) is 5.83. The molecule has 1 aliphatic carbocycles. The molecule has 0 amide bonds. The zero-order chi connectivity index (χ0) is 21.2. The van der Waals surface area contributed by atoms with E-state index in [0.29, 0.717) is 24.5 Å². The molecule has 2 aromatic heterocycles. The van der Waals surface area contributed by atoms with E-state index in [1.54, 1.807) is 29.7 Å². The number of piperidine rings is 1. The number of halogens is 1. The Balaban J connectivity index is 1.48. The van der Waals surface area contributed by atoms with E-state index in [-0.39, 0.29) is 5.82 Å². The fourth-order valence-electron chi connectivity index (χ4n) is 3.92. The van der Waals surface area contributed by atoms with Gasteiger partial charge in [-0.15, -0.1) is 11.3 Å². The standard InChI is InChI=1S/C23H24FN5OS/c24-17-3-1-15(2-4-17)20-21(19-7-10-25-23(27-19)26-18-5-6-18)31-22(28-20)16-8-11-29(12-9-16)13-14-30/h1-4,7,10,14,16,18H,5-6,8-9,11-13H2,(H,25,26,27). The van der Waals surface area contributed by atoms with Crippen molar-refractivity contribution < 1.29 is 9.18 Å². The topological polar surface area (TPSA) is 71.0 Å². The Morgan fingerprint density at radius 1 is 1.10 bits per heavy atom. The highest BCUT2D eigenvalue weighted by atomic mass is 32.1. The highest BCUT2D eigenvalue weighted by Crippen LogP contribution is 2.41. The fraction of sp³-hybridized carbons (Fsp3) is 0.391. The van der Waals surface area contributed by atoms with Gasteiger partial charge in [-0.1, -0.05) is 0 Å². The van der Waals surface area contributed by atoms with Crippen LogP contribution in [0, 0.1) is 5.82 Å². The van der Waals surface area contributed by atoms with Crippen molar-refractivity contribution in [2.75, 3.05) is 25.0 Å². The predicted octanol–water partition coefficient (Wildman–Crippen LogP) is 4.36. The summed E-state index contributed by atoms with van der Waals surface area (Å²) in [6.07, 6.45) is 7.00. The van der Waals surface area contributed by atoms with E-state index in [0.717, 1.165) is 71.9 Å². The van der Waals surface area contributed by atoms with Gasteiger partial charge in [-0.25, -0.2) is 19.3 Å². The molecule has 3 heterocycles. The number of hydrogen-bond donors (Lipinski definition) is 1. The van der Waals surface area contributed by atoms with Gasteiger partial charge in [-0.05, 0) is 69.1 Å². The van der Waals surface area contributed by atoms with Crippen LogP contribution in [0.3, 0.4) is 0 Å². The molecule has 1 saturated heterocycles. The summed E-state index contributed by atoms with van der Waals surface area (Å²) in [5, 5.41) is 4.44. The average molecular weight is 438 g/mol. The lowest BCUT2D eigenvalue weighted by Crippen LogP contribution is -2.34. The molecule has 2 aliphatic rings. The molecule has 0 spiro atoms. The van der Waals surface area contributed by atoms with Crippen molar-refractivity contribution >= 4 is 23.6 Å². The van der Waals surface area contributed by atoms with Gasteiger partial charge in [0.1, 0.15) is 12.1 Å². The van der Waals surface area contributed by atoms with Crippen molar-refractivity contribution in [3.05, 3.63) is 47.4 Å². The number of carbonyl (C=O) groups is 1. The van der Waals surface area contributed by atoms with Crippen molar-refractivity contribution in [1.29, 1.82) is 0 Å². The van der Waals surface area contributed by atoms with Crippen molar-refractivity contribution in [2.45, 2.75) is 37.6 Å². The quantitative estimate of drug-likeness (QED) is 0.554. The molecule has 8 heteroatoms. The van der Waals surface area contributed by atoms with Gasteiger partial charge < -0.3 is 10.1 Å². The molecule has 31 heavy (non-hydrogen) atoms. The van der Waals surface area contributed by atoms with Gasteiger partial charge in [0.2, 0.25) is 5.95 Å². The smallest absolute Gasteiger partial charge is 0.223 e. The molecule has 2 fully saturated rings. The molecule has 160 valence electrons. The maximum absolute atomic E-state index is 13.5. The van der Waals surface area contributed by atoms with Crippen molar-refractivity contribution in [1.82, 2.24) is 19.9 Å². The molecule has 5 rings (SSSR count). The molecule has 0 atom stereocenters. The van der Waals surface area contributed by atoms with Crippen LogP contribution in [0.15, 0.2) is 36.5 Å². The van der Waals surface area contributed by atoms with Crippen molar-refractivity contribution in [3.8, 4) is 21.8 Å². The molecule has 0 bridgehead atoms. The van der Waals surface area contributed by atoms with Crippen LogP contribution in [0.2, 0.25) is 0 Å². The third kappa shape index (κ3) is 4.65. The van der Waals surface area contributed by atoms with Crippen LogP contribution in [0.4, 0.5) is 10.3 Å². The molecule has 1 N–H and O–H groups in total. The molecule has 1 aromatic carbocycles. The monoisotopic (exact) mass is 437 g/mol. The Hall–Kier alpha value is -2.71. The van der Waals surface area contributed by atoms with Gasteiger partial charge in [0, 0.05) is 23.7 Å². The molecule has 1 saturated carbocycles. The summed E-state index contributed by atoms with van der Waals surface area (Å²) in [4.78, 5) is 28.1. The molecular formula is C23H24FN5OS. The Bertz CT molecular complexity index is 1060. The molecule has 3 aromatic rings. The minimum absolute atomic E-state index is 0.263. The summed E-state index contributed by atoms with van der Waals surface area (Å²) in [6, 6.07) is 8.87. The van der Waals surface area contributed by atoms with Crippen LogP contribution < -0.4 is 5.32 Å². The van der Waals surface area contributed by atoms with Crippen LogP contribution in [-0.2, 0) is 4.79 Å². The number of hydrogen-bond acceptors (Lipinski definition) is 7. The zero-order valence-electron chi connectivity index (χ0n) is 17.1. The van der Waals surface area contributed by atoms with Crippen LogP contribution in [0.25, 0.3) is 21.8 Å². The molecule has 1 aliphatic heterocycles. The van der Waals surface area contributed by atoms with Crippen molar-refractivity contribution in [2.24, 2.45) is 0 Å². The lowest BCUT2D eigenvalue weighted by molar-refractivity contribution is -0.109. The van der Waals surface area contributed by atoms with Gasteiger partial charge in [0.25, 0.3) is 0 Å². The Labute approximate surface area is 184 Å². The number of carbonyl (C=O) groups excluding carboxylic acids is 1. The van der Waals surface area contributed by atoms with E-state index in [1.165, 1.54) is 12.1 Å². The van der Waals surface area contributed by atoms with Crippen molar-refractivity contribution in [3.63, 3.8) is 0 Å². The van der Waals surface area contributed by atoms with Crippen LogP contribution in [0.5, 0.6) is 0 Å². The van der Waals surface area contributed by atoms with E-state index in [9.17, 15) is 9.18 Å². The van der Waals surface area contributed by atoms with Gasteiger partial charge in [0.05, 0.1) is 27.8 Å². The lowest BCUT2D eigenvalue weighted by Gasteiger charge is -2.29. The Morgan fingerprint density at radius 3 is 2.58 bits per heavy atom. The summed E-state index contributed by atoms with van der Waals surface area (Å²) >= 11 is 1.66. The van der Waals surface area contributed by atoms with Gasteiger partial charge in [0.15, 0.2) is 0 Å². The average Bonchev–Trinajstić information content (AvgIpc) is 3.49. The summed E-state index contributed by atoms with van der Waals surface area (Å²) in [5.41, 5.74) is 2.55. The predicted molar refractivity (Wildman–Crippen MR) is 120 cm³/mol. The summed E-state index contributed by atoms with van der Waals surface area (Å²) in [5.74, 6) is 0.732. The normalized spacial score (nSPS) is 17.6. The second-order valence-electron chi connectivity index (χ2n) is 8.16. The number of thiazole rings is 1. The summed E-state index contributed by atoms with van der Waals surface area (Å²) in [7, 11) is 0. The maximum atomic E-state index is 13.5.